The maximum atomic E-state index is 9.10. The zero-order valence-corrected chi connectivity index (χ0v) is 8.46. The minimum Gasteiger partial charge on any atom is -0.392 e. The van der Waals surface area contributed by atoms with E-state index in [9.17, 15) is 0 Å². The van der Waals surface area contributed by atoms with E-state index in [1.165, 1.54) is 11.1 Å². The molecule has 0 aliphatic heterocycles. The summed E-state index contributed by atoms with van der Waals surface area (Å²) in [5.74, 6) is 0. The predicted octanol–water partition coefficient (Wildman–Crippen LogP) is 2.10. The van der Waals surface area contributed by atoms with E-state index in [1.807, 2.05) is 6.07 Å². The summed E-state index contributed by atoms with van der Waals surface area (Å²) in [7, 11) is 0. The first kappa shape index (κ1) is 10.1. The standard InChI is InChI=1S/C11H17NO/c1-8-4-5-11(9(2)6-8)12-7-10(3)13/h4-6,10,12-13H,7H2,1-3H3/t10-/m1/s1. The molecule has 2 heteroatoms. The van der Waals surface area contributed by atoms with E-state index in [2.05, 4.69) is 31.3 Å². The van der Waals surface area contributed by atoms with E-state index in [0.29, 0.717) is 6.54 Å². The van der Waals surface area contributed by atoms with Gasteiger partial charge >= 0.3 is 0 Å². The second-order valence-corrected chi connectivity index (χ2v) is 3.55. The number of aryl methyl sites for hydroxylation is 2. The van der Waals surface area contributed by atoms with Gasteiger partial charge in [-0.05, 0) is 32.4 Å². The molecule has 0 aromatic heterocycles. The Bertz CT molecular complexity index is 281. The van der Waals surface area contributed by atoms with Crippen molar-refractivity contribution in [1.82, 2.24) is 0 Å². The van der Waals surface area contributed by atoms with Crippen molar-refractivity contribution in [2.24, 2.45) is 0 Å². The minimum atomic E-state index is -0.305. The predicted molar refractivity (Wildman–Crippen MR) is 56.1 cm³/mol. The third kappa shape index (κ3) is 3.07. The molecule has 0 aliphatic rings. The second kappa shape index (κ2) is 4.28. The van der Waals surface area contributed by atoms with Crippen molar-refractivity contribution in [3.63, 3.8) is 0 Å². The van der Waals surface area contributed by atoms with E-state index in [-0.39, 0.29) is 6.10 Å². The first-order chi connectivity index (χ1) is 6.09. The fourth-order valence-electron chi connectivity index (χ4n) is 1.27. The van der Waals surface area contributed by atoms with Gasteiger partial charge in [-0.25, -0.2) is 0 Å². The number of hydrogen-bond donors (Lipinski definition) is 2. The highest BCUT2D eigenvalue weighted by molar-refractivity contribution is 5.51. The lowest BCUT2D eigenvalue weighted by Crippen LogP contribution is -2.15. The number of benzene rings is 1. The Morgan fingerprint density at radius 2 is 2.08 bits per heavy atom. The summed E-state index contributed by atoms with van der Waals surface area (Å²) in [5.41, 5.74) is 3.59. The van der Waals surface area contributed by atoms with Gasteiger partial charge in [0.05, 0.1) is 6.10 Å². The van der Waals surface area contributed by atoms with Crippen LogP contribution in [0, 0.1) is 13.8 Å². The number of hydrogen-bond acceptors (Lipinski definition) is 2. The van der Waals surface area contributed by atoms with E-state index < -0.39 is 0 Å². The van der Waals surface area contributed by atoms with Gasteiger partial charge < -0.3 is 10.4 Å². The van der Waals surface area contributed by atoms with Crippen LogP contribution < -0.4 is 5.32 Å². The van der Waals surface area contributed by atoms with E-state index in [0.717, 1.165) is 5.69 Å². The zero-order chi connectivity index (χ0) is 9.84. The number of anilines is 1. The number of aliphatic hydroxyl groups is 1. The van der Waals surface area contributed by atoms with Crippen molar-refractivity contribution in [1.29, 1.82) is 0 Å². The largest absolute Gasteiger partial charge is 0.392 e. The smallest absolute Gasteiger partial charge is 0.0684 e. The monoisotopic (exact) mass is 179 g/mol. The van der Waals surface area contributed by atoms with E-state index in [1.54, 1.807) is 6.92 Å². The molecule has 1 aromatic rings. The van der Waals surface area contributed by atoms with Gasteiger partial charge in [-0.2, -0.15) is 0 Å². The van der Waals surface area contributed by atoms with Crippen LogP contribution in [0.1, 0.15) is 18.1 Å². The van der Waals surface area contributed by atoms with Gasteiger partial charge in [-0.3, -0.25) is 0 Å². The quantitative estimate of drug-likeness (QED) is 0.744. The summed E-state index contributed by atoms with van der Waals surface area (Å²) in [6, 6.07) is 6.24. The van der Waals surface area contributed by atoms with Gasteiger partial charge in [0.2, 0.25) is 0 Å². The maximum Gasteiger partial charge on any atom is 0.0684 e. The lowest BCUT2D eigenvalue weighted by atomic mass is 10.1. The molecule has 0 amide bonds. The molecule has 0 radical (unpaired) electrons. The Hall–Kier alpha value is -1.02. The van der Waals surface area contributed by atoms with Crippen LogP contribution in [0.4, 0.5) is 5.69 Å². The molecule has 0 fully saturated rings. The molecule has 72 valence electrons. The molecule has 0 aliphatic carbocycles. The fourth-order valence-corrected chi connectivity index (χ4v) is 1.27. The molecule has 13 heavy (non-hydrogen) atoms. The van der Waals surface area contributed by atoms with Crippen LogP contribution in [0.15, 0.2) is 18.2 Å². The van der Waals surface area contributed by atoms with Gasteiger partial charge in [-0.1, -0.05) is 17.7 Å². The average molecular weight is 179 g/mol. The Balaban J connectivity index is 2.67. The van der Waals surface area contributed by atoms with Crippen molar-refractivity contribution < 1.29 is 5.11 Å². The second-order valence-electron chi connectivity index (χ2n) is 3.55. The van der Waals surface area contributed by atoms with Gasteiger partial charge in [-0.15, -0.1) is 0 Å². The SMILES string of the molecule is Cc1ccc(NC[C@@H](C)O)c(C)c1. The van der Waals surface area contributed by atoms with Crippen LogP contribution in [0.25, 0.3) is 0 Å². The number of rotatable bonds is 3. The van der Waals surface area contributed by atoms with Crippen LogP contribution >= 0.6 is 0 Å². The highest BCUT2D eigenvalue weighted by Crippen LogP contribution is 2.15. The van der Waals surface area contributed by atoms with Crippen molar-refractivity contribution in [2.75, 3.05) is 11.9 Å². The van der Waals surface area contributed by atoms with Crippen LogP contribution in [-0.4, -0.2) is 17.8 Å². The molecule has 1 aromatic carbocycles. The first-order valence-corrected chi connectivity index (χ1v) is 4.59. The van der Waals surface area contributed by atoms with Gasteiger partial charge in [0.1, 0.15) is 0 Å². The molecule has 0 heterocycles. The fraction of sp³-hybridized carbons (Fsp3) is 0.455. The van der Waals surface area contributed by atoms with Crippen molar-refractivity contribution in [3.8, 4) is 0 Å². The summed E-state index contributed by atoms with van der Waals surface area (Å²) in [4.78, 5) is 0. The Labute approximate surface area is 79.6 Å². The summed E-state index contributed by atoms with van der Waals surface area (Å²) < 4.78 is 0. The number of aliphatic hydroxyl groups excluding tert-OH is 1. The van der Waals surface area contributed by atoms with E-state index >= 15 is 0 Å². The Morgan fingerprint density at radius 3 is 2.62 bits per heavy atom. The lowest BCUT2D eigenvalue weighted by Gasteiger charge is -2.11. The third-order valence-electron chi connectivity index (χ3n) is 1.97. The molecular formula is C11H17NO. The Kier molecular flexibility index (Phi) is 3.32. The first-order valence-electron chi connectivity index (χ1n) is 4.59. The summed E-state index contributed by atoms with van der Waals surface area (Å²) >= 11 is 0. The van der Waals surface area contributed by atoms with Gasteiger partial charge in [0, 0.05) is 12.2 Å². The van der Waals surface area contributed by atoms with Crippen molar-refractivity contribution >= 4 is 5.69 Å². The summed E-state index contributed by atoms with van der Waals surface area (Å²) in [6.07, 6.45) is -0.305. The van der Waals surface area contributed by atoms with Crippen molar-refractivity contribution in [2.45, 2.75) is 26.9 Å². The molecule has 1 atom stereocenters. The lowest BCUT2D eigenvalue weighted by molar-refractivity contribution is 0.208. The zero-order valence-electron chi connectivity index (χ0n) is 8.46. The number of nitrogens with one attached hydrogen (secondary N) is 1. The maximum absolute atomic E-state index is 9.10. The summed E-state index contributed by atoms with van der Waals surface area (Å²) in [5, 5.41) is 12.3. The molecule has 0 unspecified atom stereocenters. The Morgan fingerprint density at radius 1 is 1.38 bits per heavy atom. The van der Waals surface area contributed by atoms with Crippen LogP contribution in [0.2, 0.25) is 0 Å². The molecule has 0 saturated carbocycles. The highest BCUT2D eigenvalue weighted by atomic mass is 16.3. The molecule has 0 spiro atoms. The van der Waals surface area contributed by atoms with Gasteiger partial charge in [0.15, 0.2) is 0 Å². The van der Waals surface area contributed by atoms with Crippen LogP contribution in [0.5, 0.6) is 0 Å². The highest BCUT2D eigenvalue weighted by Gasteiger charge is 1.99. The summed E-state index contributed by atoms with van der Waals surface area (Å²) in [6.45, 7) is 6.52. The van der Waals surface area contributed by atoms with Crippen LogP contribution in [-0.2, 0) is 0 Å². The molecule has 2 N–H and O–H groups in total. The molecule has 0 bridgehead atoms. The van der Waals surface area contributed by atoms with E-state index in [4.69, 9.17) is 5.11 Å². The van der Waals surface area contributed by atoms with Gasteiger partial charge in [0.25, 0.3) is 0 Å². The topological polar surface area (TPSA) is 32.3 Å². The van der Waals surface area contributed by atoms with Crippen molar-refractivity contribution in [3.05, 3.63) is 29.3 Å². The molecule has 2 nitrogen and oxygen atoms in total. The molecule has 1 rings (SSSR count). The minimum absolute atomic E-state index is 0.305. The average Bonchev–Trinajstić information content (AvgIpc) is 2.02. The van der Waals surface area contributed by atoms with Crippen LogP contribution in [0.3, 0.4) is 0 Å². The molecule has 0 saturated heterocycles. The normalized spacial score (nSPS) is 12.6. The molecular weight excluding hydrogens is 162 g/mol. The third-order valence-corrected chi connectivity index (χ3v) is 1.97.